The van der Waals surface area contributed by atoms with Gasteiger partial charge in [-0.15, -0.1) is 11.8 Å². The highest BCUT2D eigenvalue weighted by Crippen LogP contribution is 2.19. The van der Waals surface area contributed by atoms with Gasteiger partial charge in [-0.05, 0) is 20.3 Å². The molecule has 1 rings (SSSR count). The molecule has 3 nitrogen and oxygen atoms in total. The molecular formula is C10H17NO2S. The first-order valence-corrected chi connectivity index (χ1v) is 6.64. The van der Waals surface area contributed by atoms with Gasteiger partial charge in [-0.3, -0.25) is 0 Å². The Morgan fingerprint density at radius 2 is 2.21 bits per heavy atom. The van der Waals surface area contributed by atoms with Crippen LogP contribution in [0.5, 0.6) is 0 Å². The number of nitrogens with one attached hydrogen (secondary N) is 1. The summed E-state index contributed by atoms with van der Waals surface area (Å²) in [4.78, 5) is 0. The van der Waals surface area contributed by atoms with Crippen molar-refractivity contribution >= 4 is 9.84 Å². The van der Waals surface area contributed by atoms with Crippen molar-refractivity contribution < 1.29 is 8.42 Å². The smallest absolute Gasteiger partial charge is 0.154 e. The zero-order valence-corrected chi connectivity index (χ0v) is 9.52. The summed E-state index contributed by atoms with van der Waals surface area (Å²) in [6.45, 7) is 4.37. The summed E-state index contributed by atoms with van der Waals surface area (Å²) in [6.07, 6.45) is 1.53. The van der Waals surface area contributed by atoms with Gasteiger partial charge in [0.1, 0.15) is 0 Å². The van der Waals surface area contributed by atoms with Crippen molar-refractivity contribution in [3.05, 3.63) is 0 Å². The van der Waals surface area contributed by atoms with Gasteiger partial charge in [-0.25, -0.2) is 8.42 Å². The highest BCUT2D eigenvalue weighted by Gasteiger charge is 2.35. The van der Waals surface area contributed by atoms with Crippen LogP contribution < -0.4 is 5.32 Å². The van der Waals surface area contributed by atoms with Gasteiger partial charge in [0.15, 0.2) is 9.84 Å². The van der Waals surface area contributed by atoms with Crippen LogP contribution in [-0.2, 0) is 9.84 Å². The van der Waals surface area contributed by atoms with E-state index in [1.54, 1.807) is 6.92 Å². The molecule has 1 N–H and O–H groups in total. The van der Waals surface area contributed by atoms with Crippen molar-refractivity contribution in [1.82, 2.24) is 5.32 Å². The van der Waals surface area contributed by atoms with Gasteiger partial charge in [0.2, 0.25) is 0 Å². The lowest BCUT2D eigenvalue weighted by atomic mass is 10.2. The Hall–Kier alpha value is -0.530. The fraction of sp³-hybridized carbons (Fsp3) is 0.800. The van der Waals surface area contributed by atoms with Crippen LogP contribution in [0.15, 0.2) is 0 Å². The monoisotopic (exact) mass is 215 g/mol. The molecule has 1 heterocycles. The van der Waals surface area contributed by atoms with Gasteiger partial charge in [-0.2, -0.15) is 0 Å². The summed E-state index contributed by atoms with van der Waals surface area (Å²) >= 11 is 0. The van der Waals surface area contributed by atoms with E-state index in [4.69, 9.17) is 0 Å². The van der Waals surface area contributed by atoms with E-state index in [1.165, 1.54) is 0 Å². The predicted octanol–water partition coefficient (Wildman–Crippen LogP) is 0.565. The molecule has 0 aromatic carbocycles. The molecule has 0 aromatic rings. The molecule has 2 unspecified atom stereocenters. The Bertz CT molecular complexity index is 337. The minimum absolute atomic E-state index is 0.124. The number of sulfone groups is 1. The fourth-order valence-electron chi connectivity index (χ4n) is 1.68. The van der Waals surface area contributed by atoms with Crippen molar-refractivity contribution in [2.75, 3.05) is 12.3 Å². The second-order valence-corrected chi connectivity index (χ2v) is 6.08. The Labute approximate surface area is 86.2 Å². The van der Waals surface area contributed by atoms with E-state index in [0.717, 1.165) is 19.4 Å². The van der Waals surface area contributed by atoms with Crippen LogP contribution in [-0.4, -0.2) is 32.0 Å². The lowest BCUT2D eigenvalue weighted by Gasteiger charge is -2.14. The van der Waals surface area contributed by atoms with E-state index in [0.29, 0.717) is 5.75 Å². The molecule has 0 bridgehead atoms. The van der Waals surface area contributed by atoms with Crippen LogP contribution in [0.3, 0.4) is 0 Å². The maximum atomic E-state index is 11.4. The molecule has 2 atom stereocenters. The molecule has 0 radical (unpaired) electrons. The zero-order chi connectivity index (χ0) is 10.6. The van der Waals surface area contributed by atoms with Crippen molar-refractivity contribution in [2.45, 2.75) is 38.0 Å². The molecule has 0 aromatic heterocycles. The molecule has 0 saturated carbocycles. The van der Waals surface area contributed by atoms with E-state index in [9.17, 15) is 8.42 Å². The van der Waals surface area contributed by atoms with E-state index in [2.05, 4.69) is 17.2 Å². The molecular weight excluding hydrogens is 198 g/mol. The molecule has 1 aliphatic heterocycles. The van der Waals surface area contributed by atoms with Crippen molar-refractivity contribution in [2.24, 2.45) is 0 Å². The SMILES string of the molecule is CC#CCCNC1CCS(=O)(=O)C1C. The molecule has 1 fully saturated rings. The lowest BCUT2D eigenvalue weighted by molar-refractivity contribution is 0.512. The molecule has 1 aliphatic rings. The third-order valence-electron chi connectivity index (χ3n) is 2.68. The molecule has 0 amide bonds. The van der Waals surface area contributed by atoms with E-state index in [-0.39, 0.29) is 11.3 Å². The quantitative estimate of drug-likeness (QED) is 0.553. The Morgan fingerprint density at radius 3 is 2.71 bits per heavy atom. The van der Waals surface area contributed by atoms with Crippen molar-refractivity contribution in [1.29, 1.82) is 0 Å². The van der Waals surface area contributed by atoms with Crippen molar-refractivity contribution in [3.63, 3.8) is 0 Å². The molecule has 14 heavy (non-hydrogen) atoms. The average Bonchev–Trinajstić information content (AvgIpc) is 2.39. The first kappa shape index (κ1) is 11.5. The largest absolute Gasteiger partial charge is 0.312 e. The summed E-state index contributed by atoms with van der Waals surface area (Å²) in [5.41, 5.74) is 0. The maximum Gasteiger partial charge on any atom is 0.154 e. The Balaban J connectivity index is 2.36. The highest BCUT2D eigenvalue weighted by molar-refractivity contribution is 7.92. The zero-order valence-electron chi connectivity index (χ0n) is 8.71. The maximum absolute atomic E-state index is 11.4. The van der Waals surface area contributed by atoms with Crippen LogP contribution in [0, 0.1) is 11.8 Å². The van der Waals surface area contributed by atoms with Gasteiger partial charge in [0.05, 0.1) is 11.0 Å². The summed E-state index contributed by atoms with van der Waals surface area (Å²) in [5.74, 6) is 6.08. The van der Waals surface area contributed by atoms with Crippen molar-refractivity contribution in [3.8, 4) is 11.8 Å². The minimum Gasteiger partial charge on any atom is -0.312 e. The molecule has 0 aliphatic carbocycles. The molecule has 80 valence electrons. The Kier molecular flexibility index (Phi) is 3.97. The number of hydrogen-bond acceptors (Lipinski definition) is 3. The summed E-state index contributed by atoms with van der Waals surface area (Å²) in [7, 11) is -2.82. The third kappa shape index (κ3) is 2.73. The summed E-state index contributed by atoms with van der Waals surface area (Å²) in [6, 6.07) is 0.124. The standard InChI is InChI=1S/C10H17NO2S/c1-3-4-5-7-11-10-6-8-14(12,13)9(10)2/h9-11H,5-8H2,1-2H3. The van der Waals surface area contributed by atoms with Crippen LogP contribution in [0.1, 0.15) is 26.7 Å². The molecule has 4 heteroatoms. The second-order valence-electron chi connectivity index (χ2n) is 3.60. The molecule has 1 saturated heterocycles. The van der Waals surface area contributed by atoms with E-state index < -0.39 is 9.84 Å². The lowest BCUT2D eigenvalue weighted by Crippen LogP contribution is -2.36. The van der Waals surface area contributed by atoms with Crippen LogP contribution in [0.2, 0.25) is 0 Å². The van der Waals surface area contributed by atoms with E-state index in [1.807, 2.05) is 6.92 Å². The average molecular weight is 215 g/mol. The van der Waals surface area contributed by atoms with E-state index >= 15 is 0 Å². The highest BCUT2D eigenvalue weighted by atomic mass is 32.2. The summed E-state index contributed by atoms with van der Waals surface area (Å²) < 4.78 is 22.8. The minimum atomic E-state index is -2.82. The van der Waals surface area contributed by atoms with Crippen LogP contribution in [0.25, 0.3) is 0 Å². The topological polar surface area (TPSA) is 46.2 Å². The fourth-order valence-corrected chi connectivity index (χ4v) is 3.36. The first-order valence-electron chi connectivity index (χ1n) is 4.92. The second kappa shape index (κ2) is 4.81. The number of rotatable bonds is 3. The van der Waals surface area contributed by atoms with Gasteiger partial charge in [0.25, 0.3) is 0 Å². The molecule has 0 spiro atoms. The predicted molar refractivity (Wildman–Crippen MR) is 57.7 cm³/mol. The van der Waals surface area contributed by atoms with Gasteiger partial charge in [-0.1, -0.05) is 0 Å². The van der Waals surface area contributed by atoms with Crippen LogP contribution in [0.4, 0.5) is 0 Å². The summed E-state index contributed by atoms with van der Waals surface area (Å²) in [5, 5.41) is 3.00. The van der Waals surface area contributed by atoms with Gasteiger partial charge in [0, 0.05) is 19.0 Å². The number of hydrogen-bond donors (Lipinski definition) is 1. The van der Waals surface area contributed by atoms with Gasteiger partial charge < -0.3 is 5.32 Å². The third-order valence-corrected chi connectivity index (χ3v) is 4.95. The van der Waals surface area contributed by atoms with Crippen LogP contribution >= 0.6 is 0 Å². The first-order chi connectivity index (χ1) is 6.58. The Morgan fingerprint density at radius 1 is 1.50 bits per heavy atom. The van der Waals surface area contributed by atoms with Gasteiger partial charge >= 0.3 is 0 Å². The normalized spacial score (nSPS) is 29.6.